The van der Waals surface area contributed by atoms with Gasteiger partial charge in [0.2, 0.25) is 0 Å². The summed E-state index contributed by atoms with van der Waals surface area (Å²) in [6, 6.07) is 9.86. The van der Waals surface area contributed by atoms with Crippen LogP contribution in [0.3, 0.4) is 0 Å². The zero-order valence-electron chi connectivity index (χ0n) is 6.12. The number of ether oxygens (including phenoxy) is 1. The van der Waals surface area contributed by atoms with Gasteiger partial charge in [0.1, 0.15) is 6.61 Å². The van der Waals surface area contributed by atoms with Crippen molar-refractivity contribution in [3.8, 4) is 0 Å². The molecule has 0 bridgehead atoms. The van der Waals surface area contributed by atoms with Crippen LogP contribution >= 0.6 is 12.2 Å². The molecule has 0 atom stereocenters. The molecule has 1 nitrogen and oxygen atoms in total. The molecule has 0 saturated carbocycles. The van der Waals surface area contributed by atoms with E-state index in [1.54, 1.807) is 0 Å². The van der Waals surface area contributed by atoms with Crippen LogP contribution in [0.25, 0.3) is 0 Å². The SMILES string of the molecule is [CH2]C(=S)OCc1ccccc1. The Balaban J connectivity index is 2.45. The summed E-state index contributed by atoms with van der Waals surface area (Å²) < 4.78 is 5.05. The first-order valence-electron chi connectivity index (χ1n) is 3.31. The zero-order chi connectivity index (χ0) is 8.10. The van der Waals surface area contributed by atoms with E-state index in [9.17, 15) is 0 Å². The average Bonchev–Trinajstić information content (AvgIpc) is 2.03. The molecule has 1 aromatic rings. The van der Waals surface area contributed by atoms with Gasteiger partial charge in [0.05, 0.1) is 0 Å². The molecule has 0 aliphatic rings. The lowest BCUT2D eigenvalue weighted by Gasteiger charge is -2.01. The molecule has 0 amide bonds. The first kappa shape index (κ1) is 8.21. The summed E-state index contributed by atoms with van der Waals surface area (Å²) in [5.41, 5.74) is 1.11. The minimum atomic E-state index is 0.342. The van der Waals surface area contributed by atoms with E-state index in [1.807, 2.05) is 30.3 Å². The highest BCUT2D eigenvalue weighted by Gasteiger charge is 1.90. The van der Waals surface area contributed by atoms with Gasteiger partial charge in [0, 0.05) is 6.92 Å². The second kappa shape index (κ2) is 4.09. The summed E-state index contributed by atoms with van der Waals surface area (Å²) in [6.07, 6.45) is 0. The van der Waals surface area contributed by atoms with E-state index in [0.717, 1.165) is 5.56 Å². The quantitative estimate of drug-likeness (QED) is 0.622. The third-order valence-corrected chi connectivity index (χ3v) is 1.36. The van der Waals surface area contributed by atoms with Crippen LogP contribution in [0.15, 0.2) is 30.3 Å². The minimum absolute atomic E-state index is 0.342. The lowest BCUT2D eigenvalue weighted by atomic mass is 10.2. The highest BCUT2D eigenvalue weighted by atomic mass is 32.1. The standard InChI is InChI=1S/C9H9OS/c1-8(11)10-7-9-5-3-2-4-6-9/h2-6H,1,7H2. The van der Waals surface area contributed by atoms with E-state index in [4.69, 9.17) is 4.74 Å². The smallest absolute Gasteiger partial charge is 0.160 e. The maximum atomic E-state index is 5.05. The first-order valence-corrected chi connectivity index (χ1v) is 3.72. The van der Waals surface area contributed by atoms with Crippen molar-refractivity contribution >= 4 is 17.3 Å². The summed E-state index contributed by atoms with van der Waals surface area (Å²) in [7, 11) is 0. The van der Waals surface area contributed by atoms with Crippen molar-refractivity contribution in [3.63, 3.8) is 0 Å². The van der Waals surface area contributed by atoms with Crippen molar-refractivity contribution in [2.45, 2.75) is 6.61 Å². The Morgan fingerprint density at radius 1 is 1.36 bits per heavy atom. The first-order chi connectivity index (χ1) is 5.29. The van der Waals surface area contributed by atoms with Gasteiger partial charge in [0.15, 0.2) is 5.05 Å². The molecule has 1 aromatic carbocycles. The van der Waals surface area contributed by atoms with Crippen LogP contribution in [-0.4, -0.2) is 5.05 Å². The number of benzene rings is 1. The Morgan fingerprint density at radius 3 is 2.55 bits per heavy atom. The lowest BCUT2D eigenvalue weighted by molar-refractivity contribution is 0.303. The predicted molar refractivity (Wildman–Crippen MR) is 49.2 cm³/mol. The van der Waals surface area contributed by atoms with Gasteiger partial charge >= 0.3 is 0 Å². The number of hydrogen-bond acceptors (Lipinski definition) is 2. The Morgan fingerprint density at radius 2 is 2.00 bits per heavy atom. The third-order valence-electron chi connectivity index (χ3n) is 1.24. The van der Waals surface area contributed by atoms with E-state index in [-0.39, 0.29) is 0 Å². The molecule has 0 spiro atoms. The minimum Gasteiger partial charge on any atom is -0.482 e. The summed E-state index contributed by atoms with van der Waals surface area (Å²) in [5.74, 6) is 0. The summed E-state index contributed by atoms with van der Waals surface area (Å²) in [5, 5.41) is 0.342. The molecule has 1 radical (unpaired) electrons. The van der Waals surface area contributed by atoms with Crippen LogP contribution in [-0.2, 0) is 11.3 Å². The Labute approximate surface area is 72.0 Å². The molecule has 2 heteroatoms. The largest absolute Gasteiger partial charge is 0.482 e. The maximum absolute atomic E-state index is 5.05. The summed E-state index contributed by atoms with van der Waals surface area (Å²) in [6.45, 7) is 3.98. The number of hydrogen-bond donors (Lipinski definition) is 0. The van der Waals surface area contributed by atoms with Crippen LogP contribution in [0.1, 0.15) is 5.56 Å². The molecular formula is C9H9OS. The Kier molecular flexibility index (Phi) is 3.05. The molecule has 0 heterocycles. The van der Waals surface area contributed by atoms with Crippen LogP contribution in [0.5, 0.6) is 0 Å². The van der Waals surface area contributed by atoms with Crippen molar-refractivity contribution in [2.75, 3.05) is 0 Å². The Bertz CT molecular complexity index is 231. The Hall–Kier alpha value is -0.890. The fourth-order valence-corrected chi connectivity index (χ4v) is 0.797. The van der Waals surface area contributed by atoms with E-state index in [2.05, 4.69) is 19.1 Å². The molecular weight excluding hydrogens is 156 g/mol. The van der Waals surface area contributed by atoms with Crippen molar-refractivity contribution in [1.29, 1.82) is 0 Å². The summed E-state index contributed by atoms with van der Waals surface area (Å²) >= 11 is 4.66. The van der Waals surface area contributed by atoms with Gasteiger partial charge < -0.3 is 4.74 Å². The van der Waals surface area contributed by atoms with Crippen molar-refractivity contribution < 1.29 is 4.74 Å². The molecule has 57 valence electrons. The highest BCUT2D eigenvalue weighted by molar-refractivity contribution is 7.80. The van der Waals surface area contributed by atoms with E-state index < -0.39 is 0 Å². The second-order valence-electron chi connectivity index (χ2n) is 2.15. The summed E-state index contributed by atoms with van der Waals surface area (Å²) in [4.78, 5) is 0. The van der Waals surface area contributed by atoms with Crippen LogP contribution < -0.4 is 0 Å². The van der Waals surface area contributed by atoms with Gasteiger partial charge in [-0.05, 0) is 17.8 Å². The molecule has 0 N–H and O–H groups in total. The fourth-order valence-electron chi connectivity index (χ4n) is 0.738. The van der Waals surface area contributed by atoms with Crippen LogP contribution in [0.4, 0.5) is 0 Å². The molecule has 0 saturated heterocycles. The molecule has 1 rings (SSSR count). The van der Waals surface area contributed by atoms with Gasteiger partial charge in [-0.15, -0.1) is 0 Å². The van der Waals surface area contributed by atoms with Gasteiger partial charge in [-0.25, -0.2) is 0 Å². The van der Waals surface area contributed by atoms with Gasteiger partial charge in [-0.3, -0.25) is 0 Å². The second-order valence-corrected chi connectivity index (χ2v) is 2.60. The van der Waals surface area contributed by atoms with E-state index in [0.29, 0.717) is 11.7 Å². The number of rotatable bonds is 2. The molecule has 0 aliphatic heterocycles. The van der Waals surface area contributed by atoms with Crippen molar-refractivity contribution in [1.82, 2.24) is 0 Å². The third kappa shape index (κ3) is 3.14. The van der Waals surface area contributed by atoms with Crippen LogP contribution in [0.2, 0.25) is 0 Å². The maximum Gasteiger partial charge on any atom is 0.160 e. The predicted octanol–water partition coefficient (Wildman–Crippen LogP) is 2.36. The van der Waals surface area contributed by atoms with Gasteiger partial charge in [0.25, 0.3) is 0 Å². The van der Waals surface area contributed by atoms with Crippen LogP contribution in [0, 0.1) is 6.92 Å². The zero-order valence-corrected chi connectivity index (χ0v) is 6.93. The average molecular weight is 165 g/mol. The van der Waals surface area contributed by atoms with Gasteiger partial charge in [-0.1, -0.05) is 30.3 Å². The van der Waals surface area contributed by atoms with Gasteiger partial charge in [-0.2, -0.15) is 0 Å². The van der Waals surface area contributed by atoms with E-state index >= 15 is 0 Å². The number of thiocarbonyl (C=S) groups is 1. The topological polar surface area (TPSA) is 9.23 Å². The van der Waals surface area contributed by atoms with E-state index in [1.165, 1.54) is 0 Å². The monoisotopic (exact) mass is 165 g/mol. The molecule has 0 unspecified atom stereocenters. The molecule has 0 aromatic heterocycles. The van der Waals surface area contributed by atoms with Crippen molar-refractivity contribution in [2.24, 2.45) is 0 Å². The van der Waals surface area contributed by atoms with Crippen molar-refractivity contribution in [3.05, 3.63) is 42.8 Å². The molecule has 0 aliphatic carbocycles. The fraction of sp³-hybridized carbons (Fsp3) is 0.111. The molecule has 11 heavy (non-hydrogen) atoms. The lowest BCUT2D eigenvalue weighted by Crippen LogP contribution is -1.96. The normalized spacial score (nSPS) is 9.18. The highest BCUT2D eigenvalue weighted by Crippen LogP contribution is 2.00. The molecule has 0 fully saturated rings.